The van der Waals surface area contributed by atoms with E-state index in [9.17, 15) is 4.39 Å². The van der Waals surface area contributed by atoms with Crippen molar-refractivity contribution in [3.8, 4) is 0 Å². The third-order valence-corrected chi connectivity index (χ3v) is 2.67. The summed E-state index contributed by atoms with van der Waals surface area (Å²) in [6.07, 6.45) is 2.84. The summed E-state index contributed by atoms with van der Waals surface area (Å²) >= 11 is 0. The molecule has 1 unspecified atom stereocenters. The van der Waals surface area contributed by atoms with Crippen LogP contribution in [0.5, 0.6) is 0 Å². The number of ether oxygens (including phenoxy) is 1. The summed E-state index contributed by atoms with van der Waals surface area (Å²) in [5.74, 6) is 0.686. The Kier molecular flexibility index (Phi) is 4.54. The molecule has 1 atom stereocenters. The Morgan fingerprint density at radius 2 is 2.08 bits per heavy atom. The summed E-state index contributed by atoms with van der Waals surface area (Å²) in [6, 6.07) is 0. The van der Waals surface area contributed by atoms with Gasteiger partial charge in [0, 0.05) is 13.2 Å². The second-order valence-electron chi connectivity index (χ2n) is 3.44. The normalized spacial score (nSPS) is 22.5. The van der Waals surface area contributed by atoms with Gasteiger partial charge in [-0.25, -0.2) is 0 Å². The third kappa shape index (κ3) is 2.72. The Bertz CT molecular complexity index is 112. The lowest BCUT2D eigenvalue weighted by Gasteiger charge is -2.28. The van der Waals surface area contributed by atoms with Gasteiger partial charge in [0.25, 0.3) is 0 Å². The zero-order chi connectivity index (χ0) is 8.81. The number of hydrogen-bond acceptors (Lipinski definition) is 2. The van der Waals surface area contributed by atoms with E-state index in [0.717, 1.165) is 32.5 Å². The number of rotatable bonds is 4. The summed E-state index contributed by atoms with van der Waals surface area (Å²) in [6.45, 7) is 1.98. The fraction of sp³-hybridized carbons (Fsp3) is 1.00. The quantitative estimate of drug-likeness (QED) is 0.700. The van der Waals surface area contributed by atoms with Gasteiger partial charge in [-0.05, 0) is 37.6 Å². The van der Waals surface area contributed by atoms with E-state index >= 15 is 0 Å². The molecule has 1 aliphatic rings. The minimum Gasteiger partial charge on any atom is -0.381 e. The van der Waals surface area contributed by atoms with Crippen LogP contribution in [-0.2, 0) is 4.74 Å². The number of hydrogen-bond donors (Lipinski definition) is 1. The van der Waals surface area contributed by atoms with Gasteiger partial charge in [-0.1, -0.05) is 0 Å². The summed E-state index contributed by atoms with van der Waals surface area (Å²) in [7, 11) is 0. The fourth-order valence-corrected chi connectivity index (χ4v) is 1.84. The molecule has 1 fully saturated rings. The van der Waals surface area contributed by atoms with Gasteiger partial charge in [0.05, 0.1) is 6.67 Å². The van der Waals surface area contributed by atoms with Crippen LogP contribution in [0, 0.1) is 11.8 Å². The maximum Gasteiger partial charge on any atom is 0.0925 e. The van der Waals surface area contributed by atoms with Crippen LogP contribution in [0.15, 0.2) is 0 Å². The third-order valence-electron chi connectivity index (χ3n) is 2.67. The summed E-state index contributed by atoms with van der Waals surface area (Å²) < 4.78 is 17.8. The van der Waals surface area contributed by atoms with E-state index in [-0.39, 0.29) is 12.6 Å². The van der Waals surface area contributed by atoms with Gasteiger partial charge < -0.3 is 10.5 Å². The van der Waals surface area contributed by atoms with Crippen LogP contribution in [0.1, 0.15) is 19.3 Å². The van der Waals surface area contributed by atoms with Crippen molar-refractivity contribution in [1.82, 2.24) is 0 Å². The average Bonchev–Trinajstić information content (AvgIpc) is 2.15. The van der Waals surface area contributed by atoms with E-state index in [1.807, 2.05) is 0 Å². The molecular formula is C9H18FNO. The number of halogens is 1. The summed E-state index contributed by atoms with van der Waals surface area (Å²) in [4.78, 5) is 0. The van der Waals surface area contributed by atoms with Gasteiger partial charge in [0.15, 0.2) is 0 Å². The first-order valence-electron chi connectivity index (χ1n) is 4.72. The Balaban J connectivity index is 2.29. The van der Waals surface area contributed by atoms with Gasteiger partial charge >= 0.3 is 0 Å². The van der Waals surface area contributed by atoms with Gasteiger partial charge in [-0.3, -0.25) is 4.39 Å². The summed E-state index contributed by atoms with van der Waals surface area (Å²) in [5.41, 5.74) is 5.41. The van der Waals surface area contributed by atoms with E-state index in [2.05, 4.69) is 0 Å². The van der Waals surface area contributed by atoms with E-state index in [4.69, 9.17) is 10.5 Å². The Labute approximate surface area is 73.3 Å². The lowest BCUT2D eigenvalue weighted by atomic mass is 9.85. The molecule has 1 heterocycles. The van der Waals surface area contributed by atoms with E-state index in [0.29, 0.717) is 12.5 Å². The number of alkyl halides is 1. The molecule has 0 aromatic heterocycles. The molecule has 1 saturated heterocycles. The predicted molar refractivity (Wildman–Crippen MR) is 46.7 cm³/mol. The van der Waals surface area contributed by atoms with Crippen molar-refractivity contribution >= 4 is 0 Å². The second-order valence-corrected chi connectivity index (χ2v) is 3.44. The molecule has 0 aromatic rings. The molecule has 0 bridgehead atoms. The van der Waals surface area contributed by atoms with Crippen molar-refractivity contribution < 1.29 is 9.13 Å². The van der Waals surface area contributed by atoms with Gasteiger partial charge in [0.1, 0.15) is 0 Å². The van der Waals surface area contributed by atoms with Gasteiger partial charge in [0.2, 0.25) is 0 Å². The van der Waals surface area contributed by atoms with Crippen LogP contribution >= 0.6 is 0 Å². The molecule has 72 valence electrons. The molecular weight excluding hydrogens is 157 g/mol. The largest absolute Gasteiger partial charge is 0.381 e. The molecule has 1 rings (SSSR count). The van der Waals surface area contributed by atoms with E-state index < -0.39 is 0 Å². The zero-order valence-electron chi connectivity index (χ0n) is 7.47. The van der Waals surface area contributed by atoms with E-state index in [1.54, 1.807) is 0 Å². The lowest BCUT2D eigenvalue weighted by molar-refractivity contribution is 0.0403. The molecule has 0 amide bonds. The van der Waals surface area contributed by atoms with Crippen molar-refractivity contribution in [2.45, 2.75) is 19.3 Å². The number of nitrogens with two attached hydrogens (primary N) is 1. The highest BCUT2D eigenvalue weighted by Crippen LogP contribution is 2.26. The monoisotopic (exact) mass is 175 g/mol. The minimum atomic E-state index is -0.220. The maximum atomic E-state index is 12.5. The smallest absolute Gasteiger partial charge is 0.0925 e. The first-order valence-corrected chi connectivity index (χ1v) is 4.72. The van der Waals surface area contributed by atoms with Gasteiger partial charge in [-0.15, -0.1) is 0 Å². The molecule has 2 nitrogen and oxygen atoms in total. The molecule has 0 radical (unpaired) electrons. The fourth-order valence-electron chi connectivity index (χ4n) is 1.84. The van der Waals surface area contributed by atoms with Crippen LogP contribution < -0.4 is 5.73 Å². The minimum absolute atomic E-state index is 0.180. The van der Waals surface area contributed by atoms with Crippen LogP contribution in [0.2, 0.25) is 0 Å². The van der Waals surface area contributed by atoms with Crippen molar-refractivity contribution in [2.24, 2.45) is 17.6 Å². The average molecular weight is 175 g/mol. The van der Waals surface area contributed by atoms with Crippen molar-refractivity contribution in [3.63, 3.8) is 0 Å². The second kappa shape index (κ2) is 5.49. The molecule has 0 spiro atoms. The highest BCUT2D eigenvalue weighted by molar-refractivity contribution is 4.72. The Morgan fingerprint density at radius 3 is 2.58 bits per heavy atom. The molecule has 0 saturated carbocycles. The highest BCUT2D eigenvalue weighted by atomic mass is 19.1. The van der Waals surface area contributed by atoms with Crippen LogP contribution in [0.4, 0.5) is 4.39 Å². The van der Waals surface area contributed by atoms with Crippen LogP contribution in [0.25, 0.3) is 0 Å². The zero-order valence-corrected chi connectivity index (χ0v) is 7.47. The summed E-state index contributed by atoms with van der Waals surface area (Å²) in [5, 5.41) is 0. The molecule has 12 heavy (non-hydrogen) atoms. The first kappa shape index (κ1) is 9.93. The SMILES string of the molecule is NCCC(CF)C1CCOCC1. The molecule has 0 aliphatic carbocycles. The first-order chi connectivity index (χ1) is 5.88. The van der Waals surface area contributed by atoms with Crippen molar-refractivity contribution in [2.75, 3.05) is 26.4 Å². The Hall–Kier alpha value is -0.150. The van der Waals surface area contributed by atoms with Gasteiger partial charge in [-0.2, -0.15) is 0 Å². The Morgan fingerprint density at radius 1 is 1.42 bits per heavy atom. The molecule has 0 aromatic carbocycles. The topological polar surface area (TPSA) is 35.2 Å². The van der Waals surface area contributed by atoms with Crippen LogP contribution in [0.3, 0.4) is 0 Å². The predicted octanol–water partition coefficient (Wildman–Crippen LogP) is 1.35. The maximum absolute atomic E-state index is 12.5. The highest BCUT2D eigenvalue weighted by Gasteiger charge is 2.22. The standard InChI is InChI=1S/C9H18FNO/c10-7-9(1-4-11)8-2-5-12-6-3-8/h8-9H,1-7,11H2. The molecule has 2 N–H and O–H groups in total. The lowest BCUT2D eigenvalue weighted by Crippen LogP contribution is -2.26. The van der Waals surface area contributed by atoms with E-state index in [1.165, 1.54) is 0 Å². The molecule has 3 heteroatoms. The van der Waals surface area contributed by atoms with Crippen molar-refractivity contribution in [3.05, 3.63) is 0 Å². The van der Waals surface area contributed by atoms with Crippen LogP contribution in [-0.4, -0.2) is 26.4 Å². The molecule has 1 aliphatic heterocycles. The van der Waals surface area contributed by atoms with Crippen molar-refractivity contribution in [1.29, 1.82) is 0 Å².